The number of esters is 2. The summed E-state index contributed by atoms with van der Waals surface area (Å²) < 4.78 is 33.2. The SMILES string of the molecule is CCOc1cc(C2C(C(=O)OCCOC(C)C)=C(C)N=C3CC(c4ccc(OC)c(OC)c4)CC(=O)C32)ccc1OC(C)=O. The van der Waals surface area contributed by atoms with E-state index in [1.165, 1.54) is 6.92 Å². The molecule has 1 aliphatic heterocycles. The zero-order valence-electron chi connectivity index (χ0n) is 26.4. The monoisotopic (exact) mass is 607 g/mol. The molecule has 1 fully saturated rings. The van der Waals surface area contributed by atoms with Crippen LogP contribution < -0.4 is 18.9 Å². The molecule has 0 spiro atoms. The standard InChI is InChI=1S/C34H41NO9/c1-8-41-30-18-23(10-12-28(30)44-21(5)36)32-31(34(38)43-14-13-42-19(2)3)20(4)35-25-15-24(16-26(37)33(25)32)22-9-11-27(39-6)29(17-22)40-7/h9-12,17-19,24,32-33H,8,13-16H2,1-7H3. The summed E-state index contributed by atoms with van der Waals surface area (Å²) >= 11 is 0. The van der Waals surface area contributed by atoms with Crippen LogP contribution >= 0.6 is 0 Å². The fourth-order valence-corrected chi connectivity index (χ4v) is 5.87. The Kier molecular flexibility index (Phi) is 10.8. The van der Waals surface area contributed by atoms with E-state index in [9.17, 15) is 14.4 Å². The number of benzene rings is 2. The van der Waals surface area contributed by atoms with Crippen LogP contribution in [0.3, 0.4) is 0 Å². The van der Waals surface area contributed by atoms with E-state index in [1.54, 1.807) is 39.3 Å². The van der Waals surface area contributed by atoms with Crippen LogP contribution in [0.15, 0.2) is 52.7 Å². The molecule has 0 radical (unpaired) electrons. The van der Waals surface area contributed by atoms with Crippen molar-refractivity contribution in [2.75, 3.05) is 34.0 Å². The Labute approximate surface area is 258 Å². The molecule has 236 valence electrons. The second-order valence-corrected chi connectivity index (χ2v) is 11.0. The first-order valence-corrected chi connectivity index (χ1v) is 14.8. The predicted octanol–water partition coefficient (Wildman–Crippen LogP) is 5.57. The maximum atomic E-state index is 14.1. The predicted molar refractivity (Wildman–Crippen MR) is 164 cm³/mol. The van der Waals surface area contributed by atoms with Crippen LogP contribution in [-0.2, 0) is 23.9 Å². The minimum Gasteiger partial charge on any atom is -0.493 e. The molecule has 0 saturated heterocycles. The van der Waals surface area contributed by atoms with Gasteiger partial charge in [0.15, 0.2) is 23.0 Å². The first kappa shape index (κ1) is 32.7. The minimum absolute atomic E-state index is 0.00422. The molecule has 0 bridgehead atoms. The number of hydrogen-bond acceptors (Lipinski definition) is 10. The van der Waals surface area contributed by atoms with Crippen molar-refractivity contribution in [3.8, 4) is 23.0 Å². The van der Waals surface area contributed by atoms with Gasteiger partial charge in [0.1, 0.15) is 12.4 Å². The number of Topliss-reactive ketones (excluding diaryl/α,β-unsaturated/α-hetero) is 1. The molecule has 10 nitrogen and oxygen atoms in total. The van der Waals surface area contributed by atoms with Gasteiger partial charge in [-0.05, 0) is 75.4 Å². The molecule has 0 N–H and O–H groups in total. The number of allylic oxidation sites excluding steroid dienone is 1. The Morgan fingerprint density at radius 3 is 2.25 bits per heavy atom. The number of rotatable bonds is 12. The number of carbonyl (C=O) groups excluding carboxylic acids is 3. The van der Waals surface area contributed by atoms with Gasteiger partial charge in [0.05, 0.1) is 45.0 Å². The highest BCUT2D eigenvalue weighted by Gasteiger charge is 2.46. The van der Waals surface area contributed by atoms with Gasteiger partial charge in [0, 0.05) is 30.7 Å². The molecule has 4 rings (SSSR count). The van der Waals surface area contributed by atoms with Crippen LogP contribution in [-0.4, -0.2) is 63.6 Å². The van der Waals surface area contributed by atoms with Crippen LogP contribution in [0.25, 0.3) is 0 Å². The summed E-state index contributed by atoms with van der Waals surface area (Å²) in [5, 5.41) is 0. The van der Waals surface area contributed by atoms with Crippen molar-refractivity contribution in [1.29, 1.82) is 0 Å². The maximum Gasteiger partial charge on any atom is 0.336 e. The highest BCUT2D eigenvalue weighted by atomic mass is 16.6. The Balaban J connectivity index is 1.76. The van der Waals surface area contributed by atoms with Crippen molar-refractivity contribution < 1.29 is 42.8 Å². The van der Waals surface area contributed by atoms with E-state index in [0.29, 0.717) is 52.8 Å². The van der Waals surface area contributed by atoms with Crippen molar-refractivity contribution in [3.05, 3.63) is 58.8 Å². The molecule has 3 atom stereocenters. The summed E-state index contributed by atoms with van der Waals surface area (Å²) in [6.45, 7) is 9.33. The lowest BCUT2D eigenvalue weighted by Crippen LogP contribution is -2.41. The van der Waals surface area contributed by atoms with E-state index in [0.717, 1.165) is 5.56 Å². The fourth-order valence-electron chi connectivity index (χ4n) is 5.87. The topological polar surface area (TPSA) is 119 Å². The molecule has 0 amide bonds. The highest BCUT2D eigenvalue weighted by molar-refractivity contribution is 6.12. The molecule has 10 heteroatoms. The molecule has 1 aliphatic carbocycles. The lowest BCUT2D eigenvalue weighted by atomic mass is 9.66. The Bertz CT molecular complexity index is 1460. The summed E-state index contributed by atoms with van der Waals surface area (Å²) in [5.74, 6) is -0.781. The maximum absolute atomic E-state index is 14.1. The minimum atomic E-state index is -0.682. The lowest BCUT2D eigenvalue weighted by molar-refractivity contribution is -0.141. The van der Waals surface area contributed by atoms with Crippen molar-refractivity contribution in [1.82, 2.24) is 0 Å². The first-order valence-electron chi connectivity index (χ1n) is 14.8. The first-order chi connectivity index (χ1) is 21.1. The number of ether oxygens (including phenoxy) is 6. The van der Waals surface area contributed by atoms with E-state index in [-0.39, 0.29) is 43.2 Å². The van der Waals surface area contributed by atoms with Gasteiger partial charge in [-0.25, -0.2) is 4.79 Å². The number of carbonyl (C=O) groups is 3. The molecular weight excluding hydrogens is 566 g/mol. The Morgan fingerprint density at radius 2 is 1.59 bits per heavy atom. The Hall–Kier alpha value is -4.18. The Morgan fingerprint density at radius 1 is 0.909 bits per heavy atom. The van der Waals surface area contributed by atoms with E-state index < -0.39 is 23.8 Å². The molecule has 2 aliphatic rings. The highest BCUT2D eigenvalue weighted by Crippen LogP contribution is 2.48. The average molecular weight is 608 g/mol. The van der Waals surface area contributed by atoms with Gasteiger partial charge in [0.2, 0.25) is 0 Å². The van der Waals surface area contributed by atoms with Crippen LogP contribution in [0, 0.1) is 5.92 Å². The summed E-state index contributed by atoms with van der Waals surface area (Å²) in [5.41, 5.74) is 3.09. The molecule has 1 saturated carbocycles. The number of fused-ring (bicyclic) bond motifs is 1. The summed E-state index contributed by atoms with van der Waals surface area (Å²) in [6, 6.07) is 10.8. The van der Waals surface area contributed by atoms with Gasteiger partial charge in [-0.2, -0.15) is 0 Å². The van der Waals surface area contributed by atoms with E-state index in [2.05, 4.69) is 0 Å². The van der Waals surface area contributed by atoms with Crippen molar-refractivity contribution in [3.63, 3.8) is 0 Å². The van der Waals surface area contributed by atoms with Crippen molar-refractivity contribution >= 4 is 23.4 Å². The molecular formula is C34H41NO9. The van der Waals surface area contributed by atoms with Crippen LogP contribution in [0.5, 0.6) is 23.0 Å². The van der Waals surface area contributed by atoms with Gasteiger partial charge >= 0.3 is 11.9 Å². The number of nitrogens with zero attached hydrogens (tertiary/aromatic N) is 1. The number of hydrogen-bond donors (Lipinski definition) is 0. The van der Waals surface area contributed by atoms with Gasteiger partial charge in [-0.1, -0.05) is 12.1 Å². The third kappa shape index (κ3) is 7.30. The van der Waals surface area contributed by atoms with Gasteiger partial charge in [-0.3, -0.25) is 14.6 Å². The van der Waals surface area contributed by atoms with Gasteiger partial charge in [0.25, 0.3) is 0 Å². The van der Waals surface area contributed by atoms with Crippen molar-refractivity contribution in [2.45, 2.75) is 65.4 Å². The average Bonchev–Trinajstić information content (AvgIpc) is 2.98. The third-order valence-electron chi connectivity index (χ3n) is 7.70. The molecule has 2 aromatic rings. The zero-order valence-corrected chi connectivity index (χ0v) is 26.4. The molecule has 44 heavy (non-hydrogen) atoms. The van der Waals surface area contributed by atoms with Crippen LogP contribution in [0.1, 0.15) is 70.4 Å². The fraction of sp³-hybridized carbons (Fsp3) is 0.471. The van der Waals surface area contributed by atoms with Gasteiger partial charge < -0.3 is 28.4 Å². The van der Waals surface area contributed by atoms with E-state index in [4.69, 9.17) is 33.4 Å². The summed E-state index contributed by atoms with van der Waals surface area (Å²) in [7, 11) is 3.15. The van der Waals surface area contributed by atoms with Gasteiger partial charge in [-0.15, -0.1) is 0 Å². The molecule has 3 unspecified atom stereocenters. The third-order valence-corrected chi connectivity index (χ3v) is 7.70. The van der Waals surface area contributed by atoms with E-state index in [1.807, 2.05) is 39.0 Å². The summed E-state index contributed by atoms with van der Waals surface area (Å²) in [4.78, 5) is 44.3. The lowest BCUT2D eigenvalue weighted by Gasteiger charge is -2.38. The summed E-state index contributed by atoms with van der Waals surface area (Å²) in [6.07, 6.45) is 0.771. The quantitative estimate of drug-likeness (QED) is 0.173. The normalized spacial score (nSPS) is 19.7. The second kappa shape index (κ2) is 14.5. The largest absolute Gasteiger partial charge is 0.493 e. The molecule has 1 heterocycles. The van der Waals surface area contributed by atoms with Crippen LogP contribution in [0.4, 0.5) is 0 Å². The number of aliphatic imine (C=N–C) groups is 1. The second-order valence-electron chi connectivity index (χ2n) is 11.0. The van der Waals surface area contributed by atoms with E-state index >= 15 is 0 Å². The number of methoxy groups -OCH3 is 2. The zero-order chi connectivity index (χ0) is 32.0. The van der Waals surface area contributed by atoms with Crippen molar-refractivity contribution in [2.24, 2.45) is 10.9 Å². The smallest absolute Gasteiger partial charge is 0.336 e. The molecule has 2 aromatic carbocycles. The molecule has 0 aromatic heterocycles. The number of ketones is 1. The van der Waals surface area contributed by atoms with Crippen LogP contribution in [0.2, 0.25) is 0 Å².